The van der Waals surface area contributed by atoms with Gasteiger partial charge in [0.1, 0.15) is 12.3 Å². The molecule has 162 valence electrons. The fraction of sp³-hybridized carbons (Fsp3) is 0.412. The molecule has 30 heavy (non-hydrogen) atoms. The van der Waals surface area contributed by atoms with Crippen molar-refractivity contribution >= 4 is 47.0 Å². The Morgan fingerprint density at radius 3 is 2.60 bits per heavy atom. The maximum absolute atomic E-state index is 13.1. The van der Waals surface area contributed by atoms with Gasteiger partial charge in [-0.05, 0) is 11.4 Å². The van der Waals surface area contributed by atoms with Crippen molar-refractivity contribution in [3.8, 4) is 0 Å². The normalized spacial score (nSPS) is 25.4. The molecule has 0 spiro atoms. The summed E-state index contributed by atoms with van der Waals surface area (Å²) in [4.78, 5) is 50.2. The van der Waals surface area contributed by atoms with Crippen LogP contribution in [0.5, 0.6) is 0 Å². The van der Waals surface area contributed by atoms with E-state index in [0.29, 0.717) is 0 Å². The number of carbonyl (C=O) groups is 4. The van der Waals surface area contributed by atoms with Gasteiger partial charge in [-0.3, -0.25) is 14.5 Å². The third-order valence-electron chi connectivity index (χ3n) is 4.65. The standard InChI is InChI=1S/C17H19N3O8S2/c1-26-16(19-11(21)6-10-4-3-5-29-10)14(24)20-12(13(22)23)9(7-28-15(18)25)8-30-17(16,20)27-2/h3-5H,6-8H2,1-2H3,(H2,18,25)(H,19,21)(H,22,23)/t16-,17+/m0/s1. The number of methoxy groups -OCH3 is 2. The van der Waals surface area contributed by atoms with E-state index in [1.807, 2.05) is 5.38 Å². The molecule has 0 bridgehead atoms. The molecule has 1 fully saturated rings. The van der Waals surface area contributed by atoms with Crippen LogP contribution in [0.25, 0.3) is 0 Å². The minimum Gasteiger partial charge on any atom is -0.477 e. The van der Waals surface area contributed by atoms with E-state index >= 15 is 0 Å². The molecule has 0 aromatic carbocycles. The molecule has 0 unspecified atom stereocenters. The molecule has 11 nitrogen and oxygen atoms in total. The van der Waals surface area contributed by atoms with Crippen LogP contribution in [0.15, 0.2) is 28.8 Å². The Morgan fingerprint density at radius 2 is 2.07 bits per heavy atom. The van der Waals surface area contributed by atoms with Crippen LogP contribution in [0.3, 0.4) is 0 Å². The molecule has 0 aliphatic carbocycles. The van der Waals surface area contributed by atoms with Gasteiger partial charge >= 0.3 is 12.1 Å². The first kappa shape index (κ1) is 22.1. The van der Waals surface area contributed by atoms with Crippen LogP contribution in [-0.2, 0) is 35.0 Å². The first-order chi connectivity index (χ1) is 14.2. The summed E-state index contributed by atoms with van der Waals surface area (Å²) in [6.07, 6.45) is -1.07. The molecule has 4 N–H and O–H groups in total. The third-order valence-corrected chi connectivity index (χ3v) is 7.05. The van der Waals surface area contributed by atoms with Crippen LogP contribution >= 0.6 is 23.1 Å². The number of hydrogen-bond acceptors (Lipinski definition) is 9. The molecule has 2 aliphatic rings. The highest BCUT2D eigenvalue weighted by Crippen LogP contribution is 2.56. The number of carboxylic acids is 1. The zero-order chi connectivity index (χ0) is 22.1. The largest absolute Gasteiger partial charge is 0.477 e. The van der Waals surface area contributed by atoms with Gasteiger partial charge in [0.05, 0.1) is 6.42 Å². The predicted molar refractivity (Wildman–Crippen MR) is 105 cm³/mol. The molecule has 2 aliphatic heterocycles. The first-order valence-corrected chi connectivity index (χ1v) is 10.4. The van der Waals surface area contributed by atoms with Gasteiger partial charge in [-0.15, -0.1) is 11.3 Å². The van der Waals surface area contributed by atoms with Gasteiger partial charge in [-0.2, -0.15) is 0 Å². The maximum atomic E-state index is 13.1. The first-order valence-electron chi connectivity index (χ1n) is 8.52. The number of hydrogen-bond donors (Lipinski definition) is 3. The number of nitrogens with one attached hydrogen (secondary N) is 1. The number of primary amides is 1. The second-order valence-electron chi connectivity index (χ2n) is 6.27. The van der Waals surface area contributed by atoms with Gasteiger partial charge in [-0.25, -0.2) is 9.59 Å². The SMILES string of the molecule is CO[C@@]1(NC(=O)Cc2cccs2)C(=O)N2C(C(=O)O)=C(COC(N)=O)CS[C@@]21OC. The predicted octanol–water partition coefficient (Wildman–Crippen LogP) is 0.0727. The highest BCUT2D eigenvalue weighted by Gasteiger charge is 2.78. The number of thiophene rings is 1. The Kier molecular flexibility index (Phi) is 6.08. The Morgan fingerprint density at radius 1 is 1.33 bits per heavy atom. The average molecular weight is 457 g/mol. The molecule has 3 heterocycles. The van der Waals surface area contributed by atoms with Gasteiger partial charge in [0, 0.05) is 30.4 Å². The van der Waals surface area contributed by atoms with Crippen LogP contribution in [0.4, 0.5) is 4.79 Å². The Balaban J connectivity index is 1.94. The lowest BCUT2D eigenvalue weighted by atomic mass is 9.94. The molecular weight excluding hydrogens is 438 g/mol. The highest BCUT2D eigenvalue weighted by atomic mass is 32.2. The quantitative estimate of drug-likeness (QED) is 0.363. The second kappa shape index (κ2) is 8.26. The topological polar surface area (TPSA) is 157 Å². The van der Waals surface area contributed by atoms with Gasteiger partial charge in [0.25, 0.3) is 16.7 Å². The molecule has 2 atom stereocenters. The number of carboxylic acid groups (broad SMARTS) is 1. The summed E-state index contributed by atoms with van der Waals surface area (Å²) >= 11 is 2.40. The van der Waals surface area contributed by atoms with Gasteiger partial charge in [0.2, 0.25) is 5.91 Å². The van der Waals surface area contributed by atoms with E-state index in [-0.39, 0.29) is 17.7 Å². The summed E-state index contributed by atoms with van der Waals surface area (Å²) in [7, 11) is 2.49. The van der Waals surface area contributed by atoms with Crippen molar-refractivity contribution in [3.05, 3.63) is 33.7 Å². The number of ether oxygens (including phenoxy) is 3. The molecular formula is C17H19N3O8S2. The molecule has 3 rings (SSSR count). The van der Waals surface area contributed by atoms with Crippen LogP contribution in [0.2, 0.25) is 0 Å². The average Bonchev–Trinajstić information content (AvgIpc) is 3.21. The Bertz CT molecular complexity index is 918. The lowest BCUT2D eigenvalue weighted by Gasteiger charge is -2.62. The van der Waals surface area contributed by atoms with E-state index in [1.165, 1.54) is 25.6 Å². The van der Waals surface area contributed by atoms with Gasteiger partial charge in [-0.1, -0.05) is 17.8 Å². The van der Waals surface area contributed by atoms with Crippen molar-refractivity contribution in [3.63, 3.8) is 0 Å². The van der Waals surface area contributed by atoms with Crippen molar-refractivity contribution in [2.75, 3.05) is 26.6 Å². The summed E-state index contributed by atoms with van der Waals surface area (Å²) in [6, 6.07) is 3.57. The summed E-state index contributed by atoms with van der Waals surface area (Å²) in [5.41, 5.74) is 2.76. The molecule has 0 radical (unpaired) electrons. The summed E-state index contributed by atoms with van der Waals surface area (Å²) in [6.45, 7) is -0.405. The van der Waals surface area contributed by atoms with Gasteiger partial charge < -0.3 is 30.4 Å². The van der Waals surface area contributed by atoms with Crippen molar-refractivity contribution in [2.24, 2.45) is 5.73 Å². The number of carbonyl (C=O) groups excluding carboxylic acids is 3. The van der Waals surface area contributed by atoms with Crippen molar-refractivity contribution < 1.29 is 38.5 Å². The van der Waals surface area contributed by atoms with Crippen molar-refractivity contribution in [1.29, 1.82) is 0 Å². The number of nitrogens with zero attached hydrogens (tertiary/aromatic N) is 1. The van der Waals surface area contributed by atoms with E-state index < -0.39 is 47.0 Å². The Hall–Kier alpha value is -2.61. The maximum Gasteiger partial charge on any atom is 0.404 e. The van der Waals surface area contributed by atoms with Crippen LogP contribution < -0.4 is 11.1 Å². The lowest BCUT2D eigenvalue weighted by Crippen LogP contribution is -2.88. The monoisotopic (exact) mass is 457 g/mol. The van der Waals surface area contributed by atoms with Crippen molar-refractivity contribution in [2.45, 2.75) is 17.2 Å². The number of amides is 3. The molecule has 0 saturated carbocycles. The van der Waals surface area contributed by atoms with E-state index in [9.17, 15) is 24.3 Å². The second-order valence-corrected chi connectivity index (χ2v) is 8.43. The number of aliphatic carboxylic acids is 1. The molecule has 1 saturated heterocycles. The fourth-order valence-corrected chi connectivity index (χ4v) is 5.52. The van der Waals surface area contributed by atoms with E-state index in [1.54, 1.807) is 12.1 Å². The number of thioether (sulfide) groups is 1. The zero-order valence-corrected chi connectivity index (χ0v) is 17.6. The fourth-order valence-electron chi connectivity index (χ4n) is 3.38. The smallest absolute Gasteiger partial charge is 0.404 e. The summed E-state index contributed by atoms with van der Waals surface area (Å²) in [5.74, 6) is -2.72. The minimum atomic E-state index is -1.93. The number of fused-ring (bicyclic) bond motifs is 1. The van der Waals surface area contributed by atoms with E-state index in [2.05, 4.69) is 5.32 Å². The van der Waals surface area contributed by atoms with E-state index in [4.69, 9.17) is 19.9 Å². The number of β-lactam (4-membered cyclic amide) rings is 1. The van der Waals surface area contributed by atoms with Crippen LogP contribution in [-0.4, -0.2) is 71.2 Å². The summed E-state index contributed by atoms with van der Waals surface area (Å²) < 4.78 is 15.7. The minimum absolute atomic E-state index is 0.0137. The molecule has 3 amide bonds. The van der Waals surface area contributed by atoms with Crippen LogP contribution in [0, 0.1) is 0 Å². The van der Waals surface area contributed by atoms with E-state index in [0.717, 1.165) is 21.5 Å². The number of rotatable bonds is 8. The zero-order valence-electron chi connectivity index (χ0n) is 16.0. The van der Waals surface area contributed by atoms with Gasteiger partial charge in [0.15, 0.2) is 0 Å². The molecule has 1 aromatic rings. The lowest BCUT2D eigenvalue weighted by molar-refractivity contribution is -0.265. The molecule has 13 heteroatoms. The molecule has 1 aromatic heterocycles. The van der Waals surface area contributed by atoms with Crippen molar-refractivity contribution in [1.82, 2.24) is 10.2 Å². The number of nitrogens with two attached hydrogens (primary N) is 1. The van der Waals surface area contributed by atoms with Crippen LogP contribution in [0.1, 0.15) is 4.88 Å². The Labute approximate surface area is 179 Å². The highest BCUT2D eigenvalue weighted by molar-refractivity contribution is 8.00. The summed E-state index contributed by atoms with van der Waals surface area (Å²) in [5, 5.41) is 12.4. The third kappa shape index (κ3) is 3.33.